The molecule has 5 rings (SSSR count). The van der Waals surface area contributed by atoms with E-state index in [1.165, 1.54) is 22.4 Å². The topological polar surface area (TPSA) is 103 Å². The molecule has 0 spiro atoms. The van der Waals surface area contributed by atoms with Crippen molar-refractivity contribution in [3.8, 4) is 0 Å². The van der Waals surface area contributed by atoms with Crippen LogP contribution in [0.2, 0.25) is 0 Å². The molecule has 0 saturated heterocycles. The van der Waals surface area contributed by atoms with Crippen LogP contribution in [0.5, 0.6) is 0 Å². The normalized spacial score (nSPS) is 12.3. The van der Waals surface area contributed by atoms with Crippen LogP contribution in [-0.2, 0) is 9.84 Å². The number of anilines is 1. The lowest BCUT2D eigenvalue weighted by Crippen LogP contribution is -2.06. The summed E-state index contributed by atoms with van der Waals surface area (Å²) < 4.78 is 28.5. The maximum absolute atomic E-state index is 13.6. The van der Waals surface area contributed by atoms with E-state index in [2.05, 4.69) is 28.9 Å². The van der Waals surface area contributed by atoms with Gasteiger partial charge in [0.25, 0.3) is 0 Å². The van der Waals surface area contributed by atoms with Crippen molar-refractivity contribution in [2.24, 2.45) is 5.10 Å². The van der Waals surface area contributed by atoms with E-state index < -0.39 is 9.84 Å². The first kappa shape index (κ1) is 21.8. The molecule has 2 heterocycles. The SMILES string of the molecule is CC(C)c1ccc(/C=N/n2c(N)c(S(=O)(=O)c3ccccc3)c3nc4ccccc4nc32)cc1. The third-order valence-electron chi connectivity index (χ3n) is 5.68. The Morgan fingerprint density at radius 3 is 2.15 bits per heavy atom. The second-order valence-corrected chi connectivity index (χ2v) is 10.2. The number of nitrogens with zero attached hydrogens (tertiary/aromatic N) is 4. The lowest BCUT2D eigenvalue weighted by Gasteiger charge is -2.05. The number of sulfone groups is 1. The summed E-state index contributed by atoms with van der Waals surface area (Å²) in [7, 11) is -3.96. The van der Waals surface area contributed by atoms with Crippen molar-refractivity contribution in [3.05, 3.63) is 90.0 Å². The maximum Gasteiger partial charge on any atom is 0.212 e. The Morgan fingerprint density at radius 2 is 1.50 bits per heavy atom. The van der Waals surface area contributed by atoms with Crippen molar-refractivity contribution >= 4 is 44.1 Å². The van der Waals surface area contributed by atoms with Crippen LogP contribution < -0.4 is 5.73 Å². The number of fused-ring (bicyclic) bond motifs is 2. The summed E-state index contributed by atoms with van der Waals surface area (Å²) >= 11 is 0. The van der Waals surface area contributed by atoms with Crippen molar-refractivity contribution in [3.63, 3.8) is 0 Å². The standard InChI is InChI=1S/C26H23N5O2S/c1-17(2)19-14-12-18(13-15-19)16-28-31-25(27)24(34(32,33)20-8-4-3-5-9-20)23-26(31)30-22-11-7-6-10-21(22)29-23/h3-17H,27H2,1-2H3/b28-16+. The second-order valence-electron chi connectivity index (χ2n) is 8.29. The number of nitrogens with two attached hydrogens (primary N) is 1. The zero-order valence-electron chi connectivity index (χ0n) is 18.8. The van der Waals surface area contributed by atoms with Crippen LogP contribution in [0.1, 0.15) is 30.9 Å². The number of aromatic nitrogens is 3. The number of rotatable bonds is 5. The molecule has 8 heteroatoms. The Bertz CT molecular complexity index is 1640. The summed E-state index contributed by atoms with van der Waals surface area (Å²) in [5.74, 6) is 0.383. The van der Waals surface area contributed by atoms with E-state index in [0.717, 1.165) is 5.56 Å². The van der Waals surface area contributed by atoms with E-state index in [1.807, 2.05) is 42.5 Å². The molecule has 0 radical (unpaired) electrons. The Morgan fingerprint density at radius 1 is 0.882 bits per heavy atom. The van der Waals surface area contributed by atoms with Crippen LogP contribution in [-0.4, -0.2) is 29.3 Å². The van der Waals surface area contributed by atoms with Gasteiger partial charge in [0.05, 0.1) is 22.1 Å². The van der Waals surface area contributed by atoms with Gasteiger partial charge in [0.1, 0.15) is 16.2 Å². The molecule has 0 atom stereocenters. The van der Waals surface area contributed by atoms with E-state index in [1.54, 1.807) is 30.5 Å². The van der Waals surface area contributed by atoms with Gasteiger partial charge in [-0.2, -0.15) is 9.78 Å². The first-order chi connectivity index (χ1) is 16.4. The number of benzene rings is 3. The average molecular weight is 470 g/mol. The van der Waals surface area contributed by atoms with Crippen molar-refractivity contribution in [1.29, 1.82) is 0 Å². The third kappa shape index (κ3) is 3.72. The lowest BCUT2D eigenvalue weighted by atomic mass is 10.0. The van der Waals surface area contributed by atoms with E-state index in [0.29, 0.717) is 17.0 Å². The molecule has 170 valence electrons. The van der Waals surface area contributed by atoms with E-state index in [9.17, 15) is 8.42 Å². The minimum absolute atomic E-state index is 0.0378. The molecule has 0 saturated carbocycles. The molecule has 0 bridgehead atoms. The van der Waals surface area contributed by atoms with Crippen LogP contribution >= 0.6 is 0 Å². The van der Waals surface area contributed by atoms with E-state index in [4.69, 9.17) is 5.73 Å². The molecule has 0 aliphatic heterocycles. The van der Waals surface area contributed by atoms with Crippen molar-refractivity contribution in [2.75, 3.05) is 5.73 Å². The highest BCUT2D eigenvalue weighted by Crippen LogP contribution is 2.35. The molecule has 5 aromatic rings. The molecule has 0 aliphatic rings. The van der Waals surface area contributed by atoms with Gasteiger partial charge in [-0.3, -0.25) is 0 Å². The Balaban J connectivity index is 1.73. The first-order valence-corrected chi connectivity index (χ1v) is 12.4. The minimum Gasteiger partial charge on any atom is -0.382 e. The monoisotopic (exact) mass is 469 g/mol. The predicted molar refractivity (Wildman–Crippen MR) is 135 cm³/mol. The smallest absolute Gasteiger partial charge is 0.212 e. The molecule has 0 aliphatic carbocycles. The van der Waals surface area contributed by atoms with E-state index in [-0.39, 0.29) is 26.8 Å². The van der Waals surface area contributed by atoms with Gasteiger partial charge in [0, 0.05) is 0 Å². The minimum atomic E-state index is -3.96. The van der Waals surface area contributed by atoms with Gasteiger partial charge in [-0.05, 0) is 41.3 Å². The number of para-hydroxylation sites is 2. The summed E-state index contributed by atoms with van der Waals surface area (Å²) in [5.41, 5.74) is 10.2. The Hall–Kier alpha value is -4.04. The molecule has 7 nitrogen and oxygen atoms in total. The molecule has 34 heavy (non-hydrogen) atoms. The summed E-state index contributed by atoms with van der Waals surface area (Å²) in [6.45, 7) is 4.26. The van der Waals surface area contributed by atoms with Crippen LogP contribution in [0.3, 0.4) is 0 Å². The van der Waals surface area contributed by atoms with Gasteiger partial charge >= 0.3 is 0 Å². The number of nitrogen functional groups attached to an aromatic ring is 1. The highest BCUT2D eigenvalue weighted by molar-refractivity contribution is 7.92. The molecule has 0 unspecified atom stereocenters. The van der Waals surface area contributed by atoms with Gasteiger partial charge in [-0.1, -0.05) is 68.4 Å². The van der Waals surface area contributed by atoms with Crippen molar-refractivity contribution in [1.82, 2.24) is 14.6 Å². The molecule has 3 aromatic carbocycles. The number of hydrogen-bond acceptors (Lipinski definition) is 6. The van der Waals surface area contributed by atoms with Crippen LogP contribution in [0, 0.1) is 0 Å². The molecule has 0 fully saturated rings. The molecular formula is C26H23N5O2S. The highest BCUT2D eigenvalue weighted by Gasteiger charge is 2.30. The third-order valence-corrected chi connectivity index (χ3v) is 7.51. The molecule has 0 amide bonds. The van der Waals surface area contributed by atoms with Gasteiger partial charge in [0.15, 0.2) is 5.65 Å². The largest absolute Gasteiger partial charge is 0.382 e. The van der Waals surface area contributed by atoms with Crippen molar-refractivity contribution in [2.45, 2.75) is 29.6 Å². The fourth-order valence-electron chi connectivity index (χ4n) is 3.81. The van der Waals surface area contributed by atoms with Crippen LogP contribution in [0.25, 0.3) is 22.2 Å². The fraction of sp³-hybridized carbons (Fsp3) is 0.115. The quantitative estimate of drug-likeness (QED) is 0.365. The Kier molecular flexibility index (Phi) is 5.37. The molecule has 2 N–H and O–H groups in total. The van der Waals surface area contributed by atoms with Crippen molar-refractivity contribution < 1.29 is 8.42 Å². The van der Waals surface area contributed by atoms with Gasteiger partial charge in [-0.25, -0.2) is 18.4 Å². The van der Waals surface area contributed by atoms with Gasteiger partial charge in [-0.15, -0.1) is 0 Å². The second kappa shape index (κ2) is 8.39. The molecular weight excluding hydrogens is 446 g/mol. The molecule has 2 aromatic heterocycles. The van der Waals surface area contributed by atoms with Gasteiger partial charge < -0.3 is 5.73 Å². The van der Waals surface area contributed by atoms with Gasteiger partial charge in [0.2, 0.25) is 9.84 Å². The maximum atomic E-state index is 13.6. The van der Waals surface area contributed by atoms with Crippen LogP contribution in [0.15, 0.2) is 93.8 Å². The summed E-state index contributed by atoms with van der Waals surface area (Å²) in [4.78, 5) is 9.31. The fourth-order valence-corrected chi connectivity index (χ4v) is 5.32. The first-order valence-electron chi connectivity index (χ1n) is 10.9. The highest BCUT2D eigenvalue weighted by atomic mass is 32.2. The Labute approximate surface area is 197 Å². The lowest BCUT2D eigenvalue weighted by molar-refractivity contribution is 0.597. The summed E-state index contributed by atoms with van der Waals surface area (Å²) in [6, 6.07) is 23.4. The number of hydrogen-bond donors (Lipinski definition) is 1. The zero-order valence-corrected chi connectivity index (χ0v) is 19.6. The summed E-state index contributed by atoms with van der Waals surface area (Å²) in [5, 5.41) is 4.51. The predicted octanol–water partition coefficient (Wildman–Crippen LogP) is 5.01. The van der Waals surface area contributed by atoms with E-state index >= 15 is 0 Å². The van der Waals surface area contributed by atoms with Crippen LogP contribution in [0.4, 0.5) is 5.82 Å². The average Bonchev–Trinajstić information content (AvgIpc) is 3.12. The summed E-state index contributed by atoms with van der Waals surface area (Å²) in [6.07, 6.45) is 1.63. The zero-order chi connectivity index (χ0) is 23.9.